The van der Waals surface area contributed by atoms with Crippen LogP contribution in [0.15, 0.2) is 30.5 Å². The molecule has 1 aliphatic heterocycles. The molecule has 2 heterocycles. The number of ether oxygens (including phenoxy) is 2. The minimum absolute atomic E-state index is 0.0499. The first-order valence-corrected chi connectivity index (χ1v) is 10.2. The lowest BCUT2D eigenvalue weighted by Crippen LogP contribution is -2.55. The highest BCUT2D eigenvalue weighted by molar-refractivity contribution is 5.69. The van der Waals surface area contributed by atoms with Gasteiger partial charge in [-0.1, -0.05) is 12.1 Å². The van der Waals surface area contributed by atoms with Crippen LogP contribution < -0.4 is 9.64 Å². The lowest BCUT2D eigenvalue weighted by Gasteiger charge is -2.40. The van der Waals surface area contributed by atoms with Gasteiger partial charge in [0.15, 0.2) is 0 Å². The van der Waals surface area contributed by atoms with Crippen molar-refractivity contribution in [1.29, 1.82) is 0 Å². The molecular formula is C21H29N5O5. The molecule has 31 heavy (non-hydrogen) atoms. The van der Waals surface area contributed by atoms with Gasteiger partial charge in [-0.2, -0.15) is 5.10 Å². The van der Waals surface area contributed by atoms with Crippen LogP contribution in [0.1, 0.15) is 33.3 Å². The Morgan fingerprint density at radius 1 is 1.26 bits per heavy atom. The van der Waals surface area contributed by atoms with Crippen LogP contribution >= 0.6 is 0 Å². The first-order valence-electron chi connectivity index (χ1n) is 10.2. The molecule has 1 saturated heterocycles. The Labute approximate surface area is 181 Å². The van der Waals surface area contributed by atoms with Crippen molar-refractivity contribution in [2.45, 2.75) is 45.9 Å². The molecule has 0 bridgehead atoms. The maximum absolute atomic E-state index is 12.4. The largest absolute Gasteiger partial charge is 0.497 e. The van der Waals surface area contributed by atoms with E-state index in [2.05, 4.69) is 5.10 Å². The van der Waals surface area contributed by atoms with Crippen LogP contribution in [0.5, 0.6) is 5.75 Å². The third kappa shape index (κ3) is 5.25. The second-order valence-corrected chi connectivity index (χ2v) is 8.59. The van der Waals surface area contributed by atoms with Gasteiger partial charge in [0.25, 0.3) is 0 Å². The fourth-order valence-electron chi connectivity index (χ4n) is 3.58. The van der Waals surface area contributed by atoms with Gasteiger partial charge in [0.1, 0.15) is 17.5 Å². The number of nitrogens with zero attached hydrogens (tertiary/aromatic N) is 5. The number of carbonyl (C=O) groups excluding carboxylic acids is 1. The van der Waals surface area contributed by atoms with Gasteiger partial charge in [0, 0.05) is 25.7 Å². The van der Waals surface area contributed by atoms with E-state index in [1.165, 1.54) is 6.20 Å². The minimum Gasteiger partial charge on any atom is -0.497 e. The Hall–Kier alpha value is -3.30. The van der Waals surface area contributed by atoms with Crippen molar-refractivity contribution in [3.05, 3.63) is 46.1 Å². The normalized spacial score (nSPS) is 16.9. The van der Waals surface area contributed by atoms with E-state index in [0.29, 0.717) is 32.0 Å². The second-order valence-electron chi connectivity index (χ2n) is 8.59. The molecule has 3 rings (SSSR count). The Bertz CT molecular complexity index is 935. The summed E-state index contributed by atoms with van der Waals surface area (Å²) in [5.74, 6) is 1.18. The van der Waals surface area contributed by atoms with E-state index >= 15 is 0 Å². The van der Waals surface area contributed by atoms with Crippen molar-refractivity contribution in [3.8, 4) is 5.75 Å². The van der Waals surface area contributed by atoms with Gasteiger partial charge >= 0.3 is 11.8 Å². The summed E-state index contributed by atoms with van der Waals surface area (Å²) in [7, 11) is 1.60. The summed E-state index contributed by atoms with van der Waals surface area (Å²) < 4.78 is 12.3. The summed E-state index contributed by atoms with van der Waals surface area (Å²) in [6.45, 7) is 9.04. The van der Waals surface area contributed by atoms with E-state index in [9.17, 15) is 14.9 Å². The van der Waals surface area contributed by atoms with Gasteiger partial charge in [0.05, 0.1) is 18.6 Å². The number of rotatable bonds is 5. The van der Waals surface area contributed by atoms with Crippen LogP contribution in [0, 0.1) is 10.1 Å². The van der Waals surface area contributed by atoms with E-state index < -0.39 is 10.5 Å². The smallest absolute Gasteiger partial charge is 0.410 e. The number of nitro groups is 1. The number of hydrogen-bond donors (Lipinski definition) is 0. The van der Waals surface area contributed by atoms with E-state index in [4.69, 9.17) is 9.47 Å². The zero-order valence-corrected chi connectivity index (χ0v) is 18.6. The summed E-state index contributed by atoms with van der Waals surface area (Å²) in [6, 6.07) is 7.34. The topological polar surface area (TPSA) is 103 Å². The highest BCUT2D eigenvalue weighted by Gasteiger charge is 2.35. The number of anilines is 1. The number of piperazine rings is 1. The third-order valence-electron chi connectivity index (χ3n) is 5.03. The predicted molar refractivity (Wildman–Crippen MR) is 116 cm³/mol. The maximum atomic E-state index is 12.4. The Morgan fingerprint density at radius 3 is 2.48 bits per heavy atom. The number of amides is 1. The van der Waals surface area contributed by atoms with E-state index in [-0.39, 0.29) is 17.8 Å². The fourth-order valence-corrected chi connectivity index (χ4v) is 3.58. The van der Waals surface area contributed by atoms with E-state index in [1.54, 1.807) is 16.7 Å². The summed E-state index contributed by atoms with van der Waals surface area (Å²) in [6.07, 6.45) is 0.909. The SMILES string of the molecule is COc1ccc(Cn2ncc([N+](=O)[O-])c2N2CCN(C(=O)OC(C)(C)C)CC2C)cc1. The maximum Gasteiger partial charge on any atom is 0.410 e. The molecule has 1 unspecified atom stereocenters. The summed E-state index contributed by atoms with van der Waals surface area (Å²) in [4.78, 5) is 27.3. The molecule has 0 aliphatic carbocycles. The molecule has 10 heteroatoms. The molecule has 1 amide bonds. The van der Waals surface area contributed by atoms with Gasteiger partial charge in [-0.3, -0.25) is 10.1 Å². The first-order chi connectivity index (χ1) is 14.6. The first kappa shape index (κ1) is 22.4. The Kier molecular flexibility index (Phi) is 6.37. The summed E-state index contributed by atoms with van der Waals surface area (Å²) >= 11 is 0. The highest BCUT2D eigenvalue weighted by Crippen LogP contribution is 2.32. The molecule has 1 fully saturated rings. The predicted octanol–water partition coefficient (Wildman–Crippen LogP) is 3.29. The van der Waals surface area contributed by atoms with Crippen LogP contribution in [-0.4, -0.2) is 64.1 Å². The number of carbonyl (C=O) groups is 1. The molecule has 168 valence electrons. The number of benzene rings is 1. The van der Waals surface area contributed by atoms with Crippen molar-refractivity contribution in [2.75, 3.05) is 31.6 Å². The molecule has 1 aromatic carbocycles. The van der Waals surface area contributed by atoms with E-state index in [1.807, 2.05) is 56.9 Å². The quantitative estimate of drug-likeness (QED) is 0.529. The van der Waals surface area contributed by atoms with Gasteiger partial charge in [-0.15, -0.1) is 0 Å². The fraction of sp³-hybridized carbons (Fsp3) is 0.524. The zero-order chi connectivity index (χ0) is 22.8. The van der Waals surface area contributed by atoms with Gasteiger partial charge < -0.3 is 19.3 Å². The van der Waals surface area contributed by atoms with Crippen molar-refractivity contribution in [1.82, 2.24) is 14.7 Å². The molecule has 0 saturated carbocycles. The Balaban J connectivity index is 1.82. The number of methoxy groups -OCH3 is 1. The molecule has 1 aromatic heterocycles. The Morgan fingerprint density at radius 2 is 1.94 bits per heavy atom. The molecule has 0 spiro atoms. The van der Waals surface area contributed by atoms with Crippen molar-refractivity contribution in [3.63, 3.8) is 0 Å². The summed E-state index contributed by atoms with van der Waals surface area (Å²) in [5.41, 5.74) is 0.318. The zero-order valence-electron chi connectivity index (χ0n) is 18.6. The lowest BCUT2D eigenvalue weighted by molar-refractivity contribution is -0.384. The van der Waals surface area contributed by atoms with Crippen LogP contribution in [0.25, 0.3) is 0 Å². The third-order valence-corrected chi connectivity index (χ3v) is 5.03. The molecule has 1 atom stereocenters. The molecular weight excluding hydrogens is 402 g/mol. The lowest BCUT2D eigenvalue weighted by atomic mass is 10.1. The van der Waals surface area contributed by atoms with Crippen molar-refractivity contribution >= 4 is 17.6 Å². The van der Waals surface area contributed by atoms with Crippen LogP contribution in [-0.2, 0) is 11.3 Å². The average Bonchev–Trinajstić information content (AvgIpc) is 3.10. The van der Waals surface area contributed by atoms with Crippen molar-refractivity contribution < 1.29 is 19.2 Å². The molecule has 0 radical (unpaired) electrons. The van der Waals surface area contributed by atoms with Crippen LogP contribution in [0.3, 0.4) is 0 Å². The van der Waals surface area contributed by atoms with Gasteiger partial charge in [0.2, 0.25) is 5.82 Å². The molecule has 1 aliphatic rings. The molecule has 2 aromatic rings. The summed E-state index contributed by atoms with van der Waals surface area (Å²) in [5, 5.41) is 16.0. The van der Waals surface area contributed by atoms with Crippen LogP contribution in [0.2, 0.25) is 0 Å². The van der Waals surface area contributed by atoms with Crippen LogP contribution in [0.4, 0.5) is 16.3 Å². The van der Waals surface area contributed by atoms with Crippen molar-refractivity contribution in [2.24, 2.45) is 0 Å². The number of hydrogen-bond acceptors (Lipinski definition) is 7. The highest BCUT2D eigenvalue weighted by atomic mass is 16.6. The monoisotopic (exact) mass is 431 g/mol. The van der Waals surface area contributed by atoms with Gasteiger partial charge in [-0.25, -0.2) is 9.48 Å². The molecule has 10 nitrogen and oxygen atoms in total. The standard InChI is InChI=1S/C21H29N5O5/c1-15-13-23(20(27)31-21(2,3)4)10-11-24(15)19-18(26(28)29)12-22-25(19)14-16-6-8-17(30-5)9-7-16/h6-9,12,15H,10-11,13-14H2,1-5H3. The van der Waals surface area contributed by atoms with Gasteiger partial charge in [-0.05, 0) is 45.4 Å². The molecule has 0 N–H and O–H groups in total. The average molecular weight is 431 g/mol. The number of aromatic nitrogens is 2. The minimum atomic E-state index is -0.576. The van der Waals surface area contributed by atoms with E-state index in [0.717, 1.165) is 11.3 Å². The second kappa shape index (κ2) is 8.83.